The summed E-state index contributed by atoms with van der Waals surface area (Å²) in [5, 5.41) is 12.9. The molecule has 164 valence electrons. The Kier molecular flexibility index (Phi) is 5.56. The molecular formula is C24H32N6O. The molecule has 0 atom stereocenters. The monoisotopic (exact) mass is 420 g/mol. The zero-order valence-electron chi connectivity index (χ0n) is 19.3. The lowest BCUT2D eigenvalue weighted by atomic mass is 9.79. The van der Waals surface area contributed by atoms with Crippen molar-refractivity contribution in [2.24, 2.45) is 0 Å². The topological polar surface area (TPSA) is 76.1 Å². The lowest BCUT2D eigenvalue weighted by Crippen LogP contribution is -2.62. The molecule has 2 aromatic heterocycles. The molecule has 1 aromatic carbocycles. The lowest BCUT2D eigenvalue weighted by molar-refractivity contribution is 0.160. The van der Waals surface area contributed by atoms with Gasteiger partial charge in [0.15, 0.2) is 5.82 Å². The number of hydrogen-bond donors (Lipinski definition) is 1. The van der Waals surface area contributed by atoms with Gasteiger partial charge in [-0.2, -0.15) is 0 Å². The number of fused-ring (bicyclic) bond motifs is 1. The lowest BCUT2D eigenvalue weighted by Gasteiger charge is -2.49. The first kappa shape index (κ1) is 21.4. The van der Waals surface area contributed by atoms with Gasteiger partial charge in [-0.05, 0) is 65.7 Å². The smallest absolute Gasteiger partial charge is 0.151 e. The Morgan fingerprint density at radius 3 is 2.23 bits per heavy atom. The van der Waals surface area contributed by atoms with Crippen molar-refractivity contribution in [2.75, 3.05) is 18.6 Å². The van der Waals surface area contributed by atoms with Crippen LogP contribution >= 0.6 is 0 Å². The van der Waals surface area contributed by atoms with E-state index >= 15 is 0 Å². The summed E-state index contributed by atoms with van der Waals surface area (Å²) >= 11 is 0. The second-order valence-corrected chi connectivity index (χ2v) is 9.67. The number of anilines is 1. The van der Waals surface area contributed by atoms with Gasteiger partial charge < -0.3 is 15.0 Å². The van der Waals surface area contributed by atoms with Crippen LogP contribution in [-0.4, -0.2) is 50.9 Å². The number of hydrogen-bond acceptors (Lipinski definition) is 7. The van der Waals surface area contributed by atoms with Gasteiger partial charge in [-0.25, -0.2) is 0 Å². The van der Waals surface area contributed by atoms with Crippen molar-refractivity contribution in [1.29, 1.82) is 0 Å². The maximum Gasteiger partial charge on any atom is 0.151 e. The molecule has 7 heteroatoms. The largest absolute Gasteiger partial charge is 0.493 e. The second-order valence-electron chi connectivity index (χ2n) is 9.67. The van der Waals surface area contributed by atoms with Crippen LogP contribution in [0.5, 0.6) is 5.75 Å². The minimum Gasteiger partial charge on any atom is -0.493 e. The first-order chi connectivity index (χ1) is 14.7. The molecule has 31 heavy (non-hydrogen) atoms. The summed E-state index contributed by atoms with van der Waals surface area (Å²) in [6.07, 6.45) is 5.48. The summed E-state index contributed by atoms with van der Waals surface area (Å²) < 4.78 is 5.87. The summed E-state index contributed by atoms with van der Waals surface area (Å²) in [6, 6.07) is 8.33. The van der Waals surface area contributed by atoms with Gasteiger partial charge in [-0.15, -0.1) is 10.2 Å². The van der Waals surface area contributed by atoms with E-state index in [0.29, 0.717) is 12.6 Å². The number of nitrogens with zero attached hydrogens (tertiary/aromatic N) is 5. The van der Waals surface area contributed by atoms with Crippen molar-refractivity contribution in [2.45, 2.75) is 64.6 Å². The SMILES string of the molecule is CCOc1cc2nccnc2cc1-c1ccc(N(C)C2CC(C)(C)NC(C)(C)C2)nn1. The molecule has 3 heterocycles. The molecule has 3 aromatic rings. The molecule has 0 spiro atoms. The van der Waals surface area contributed by atoms with Crippen LogP contribution in [0.15, 0.2) is 36.7 Å². The molecule has 1 saturated heterocycles. The van der Waals surface area contributed by atoms with Gasteiger partial charge in [0.2, 0.25) is 0 Å². The Bertz CT molecular complexity index is 1050. The predicted molar refractivity (Wildman–Crippen MR) is 124 cm³/mol. The Labute approximate surface area is 184 Å². The van der Waals surface area contributed by atoms with Crippen LogP contribution in [0.1, 0.15) is 47.5 Å². The van der Waals surface area contributed by atoms with Crippen molar-refractivity contribution < 1.29 is 4.74 Å². The van der Waals surface area contributed by atoms with E-state index in [1.54, 1.807) is 12.4 Å². The van der Waals surface area contributed by atoms with E-state index in [-0.39, 0.29) is 11.1 Å². The number of rotatable bonds is 5. The van der Waals surface area contributed by atoms with Gasteiger partial charge in [-0.3, -0.25) is 9.97 Å². The van der Waals surface area contributed by atoms with Crippen LogP contribution < -0.4 is 15.0 Å². The quantitative estimate of drug-likeness (QED) is 0.662. The summed E-state index contributed by atoms with van der Waals surface area (Å²) in [7, 11) is 2.11. The highest BCUT2D eigenvalue weighted by molar-refractivity contribution is 5.84. The normalized spacial score (nSPS) is 18.1. The van der Waals surface area contributed by atoms with E-state index in [0.717, 1.165) is 46.7 Å². The van der Waals surface area contributed by atoms with Crippen LogP contribution in [-0.2, 0) is 0 Å². The summed E-state index contributed by atoms with van der Waals surface area (Å²) in [5.74, 6) is 1.62. The third-order valence-corrected chi connectivity index (χ3v) is 5.87. The Morgan fingerprint density at radius 2 is 1.65 bits per heavy atom. The molecule has 0 amide bonds. The fourth-order valence-electron chi connectivity index (χ4n) is 4.85. The number of ether oxygens (including phenoxy) is 1. The Hall–Kier alpha value is -2.80. The van der Waals surface area contributed by atoms with E-state index in [1.165, 1.54) is 0 Å². The van der Waals surface area contributed by atoms with Crippen molar-refractivity contribution in [1.82, 2.24) is 25.5 Å². The van der Waals surface area contributed by atoms with E-state index in [2.05, 4.69) is 65.1 Å². The Morgan fingerprint density at radius 1 is 1.00 bits per heavy atom. The standard InChI is InChI=1S/C24H32N6O/c1-7-31-21-13-20-19(25-10-11-26-20)12-17(21)18-8-9-22(28-27-18)30(6)16-14-23(2,3)29-24(4,5)15-16/h8-13,16,29H,7,14-15H2,1-6H3. The number of nitrogens with one attached hydrogen (secondary N) is 1. The van der Waals surface area contributed by atoms with Crippen molar-refractivity contribution in [3.05, 3.63) is 36.7 Å². The molecular weight excluding hydrogens is 388 g/mol. The van der Waals surface area contributed by atoms with E-state index < -0.39 is 0 Å². The van der Waals surface area contributed by atoms with Crippen molar-refractivity contribution in [3.63, 3.8) is 0 Å². The predicted octanol–water partition coefficient (Wildman–Crippen LogP) is 4.23. The van der Waals surface area contributed by atoms with Gasteiger partial charge in [0.25, 0.3) is 0 Å². The molecule has 4 rings (SSSR count). The van der Waals surface area contributed by atoms with Crippen LogP contribution in [0.3, 0.4) is 0 Å². The van der Waals surface area contributed by atoms with E-state index in [1.807, 2.05) is 31.2 Å². The third kappa shape index (κ3) is 4.61. The molecule has 1 N–H and O–H groups in total. The molecule has 1 aliphatic heterocycles. The Balaban J connectivity index is 1.63. The number of benzene rings is 1. The molecule has 1 aliphatic rings. The summed E-state index contributed by atoms with van der Waals surface area (Å²) in [4.78, 5) is 11.1. The maximum atomic E-state index is 5.87. The average Bonchev–Trinajstić information content (AvgIpc) is 2.71. The van der Waals surface area contributed by atoms with Crippen molar-refractivity contribution in [3.8, 4) is 17.0 Å². The van der Waals surface area contributed by atoms with Crippen LogP contribution in [0.25, 0.3) is 22.3 Å². The number of piperidine rings is 1. The van der Waals surface area contributed by atoms with Crippen LogP contribution in [0.2, 0.25) is 0 Å². The fourth-order valence-corrected chi connectivity index (χ4v) is 4.85. The third-order valence-electron chi connectivity index (χ3n) is 5.87. The zero-order valence-corrected chi connectivity index (χ0v) is 19.3. The summed E-state index contributed by atoms with van der Waals surface area (Å²) in [6.45, 7) is 11.6. The first-order valence-corrected chi connectivity index (χ1v) is 10.9. The zero-order chi connectivity index (χ0) is 22.2. The fraction of sp³-hybridized carbons (Fsp3) is 0.500. The van der Waals surface area contributed by atoms with Gasteiger partial charge >= 0.3 is 0 Å². The first-order valence-electron chi connectivity index (χ1n) is 10.9. The van der Waals surface area contributed by atoms with Gasteiger partial charge in [0, 0.05) is 48.2 Å². The minimum atomic E-state index is 0.0760. The summed E-state index contributed by atoms with van der Waals surface area (Å²) in [5.41, 5.74) is 3.40. The highest BCUT2D eigenvalue weighted by Gasteiger charge is 2.39. The molecule has 0 bridgehead atoms. The van der Waals surface area contributed by atoms with Gasteiger partial charge in [0.1, 0.15) is 5.75 Å². The van der Waals surface area contributed by atoms with Crippen molar-refractivity contribution >= 4 is 16.9 Å². The van der Waals surface area contributed by atoms with Gasteiger partial charge in [-0.1, -0.05) is 0 Å². The highest BCUT2D eigenvalue weighted by Crippen LogP contribution is 2.34. The van der Waals surface area contributed by atoms with Gasteiger partial charge in [0.05, 0.1) is 23.3 Å². The molecule has 0 aliphatic carbocycles. The van der Waals surface area contributed by atoms with Crippen LogP contribution in [0, 0.1) is 0 Å². The average molecular weight is 421 g/mol. The van der Waals surface area contributed by atoms with Crippen LogP contribution in [0.4, 0.5) is 5.82 Å². The molecule has 7 nitrogen and oxygen atoms in total. The maximum absolute atomic E-state index is 5.87. The minimum absolute atomic E-state index is 0.0760. The second kappa shape index (κ2) is 8.04. The highest BCUT2D eigenvalue weighted by atomic mass is 16.5. The van der Waals surface area contributed by atoms with E-state index in [9.17, 15) is 0 Å². The molecule has 0 saturated carbocycles. The molecule has 0 radical (unpaired) electrons. The number of aromatic nitrogens is 4. The molecule has 0 unspecified atom stereocenters. The van der Waals surface area contributed by atoms with E-state index in [4.69, 9.17) is 4.74 Å². The molecule has 1 fully saturated rings.